The van der Waals surface area contributed by atoms with E-state index in [2.05, 4.69) is 10.3 Å². The van der Waals surface area contributed by atoms with Crippen LogP contribution in [0.25, 0.3) is 0 Å². The van der Waals surface area contributed by atoms with Gasteiger partial charge in [0.05, 0.1) is 12.6 Å². The number of halogens is 3. The molecule has 5 atom stereocenters. The molecular formula is C9H13F3N2O4S. The molecule has 2 fully saturated rings. The van der Waals surface area contributed by atoms with E-state index in [-0.39, 0.29) is 5.17 Å². The zero-order chi connectivity index (χ0) is 14.2. The number of nitrogens with zero attached hydrogens (tertiary/aromatic N) is 1. The maximum absolute atomic E-state index is 12.0. The number of alkyl halides is 3. The Hall–Kier alpha value is -0.550. The van der Waals surface area contributed by atoms with Crippen molar-refractivity contribution in [3.05, 3.63) is 0 Å². The lowest BCUT2D eigenvalue weighted by Crippen LogP contribution is -2.59. The number of thioether (sulfide) groups is 1. The Balaban J connectivity index is 2.03. The Morgan fingerprint density at radius 1 is 1.32 bits per heavy atom. The number of aliphatic hydroxyl groups is 3. The maximum atomic E-state index is 12.0. The Morgan fingerprint density at radius 2 is 2.00 bits per heavy atom. The zero-order valence-corrected chi connectivity index (χ0v) is 10.4. The SMILES string of the molecule is OC[C@H]1O[C@@H]2SC(=NCC(F)(F)F)N[C@@H]2C(O)C1O. The van der Waals surface area contributed by atoms with Gasteiger partial charge in [0, 0.05) is 0 Å². The highest BCUT2D eigenvalue weighted by molar-refractivity contribution is 8.14. The summed E-state index contributed by atoms with van der Waals surface area (Å²) in [6, 6.07) is -0.755. The highest BCUT2D eigenvalue weighted by Crippen LogP contribution is 2.34. The van der Waals surface area contributed by atoms with E-state index in [4.69, 9.17) is 9.84 Å². The molecule has 2 aliphatic rings. The Bertz CT molecular complexity index is 368. The summed E-state index contributed by atoms with van der Waals surface area (Å²) in [7, 11) is 0. The fraction of sp³-hybridized carbons (Fsp3) is 0.889. The van der Waals surface area contributed by atoms with Gasteiger partial charge in [-0.2, -0.15) is 13.2 Å². The topological polar surface area (TPSA) is 94.3 Å². The van der Waals surface area contributed by atoms with E-state index in [1.165, 1.54) is 0 Å². The van der Waals surface area contributed by atoms with E-state index < -0.39 is 49.1 Å². The highest BCUT2D eigenvalue weighted by Gasteiger charge is 2.48. The molecular weight excluding hydrogens is 289 g/mol. The molecule has 2 unspecified atom stereocenters. The monoisotopic (exact) mass is 302 g/mol. The van der Waals surface area contributed by atoms with Crippen molar-refractivity contribution < 1.29 is 33.2 Å². The van der Waals surface area contributed by atoms with Gasteiger partial charge in [-0.25, -0.2) is 0 Å². The molecule has 0 saturated carbocycles. The van der Waals surface area contributed by atoms with E-state index in [9.17, 15) is 23.4 Å². The second-order valence-corrected chi connectivity index (χ2v) is 5.32. The molecule has 0 radical (unpaired) electrons. The third-order valence-corrected chi connectivity index (χ3v) is 3.91. The molecule has 0 aromatic heterocycles. The third kappa shape index (κ3) is 3.31. The number of rotatable bonds is 2. The highest BCUT2D eigenvalue weighted by atomic mass is 32.2. The predicted octanol–water partition coefficient (Wildman–Crippen LogP) is -0.951. The number of amidine groups is 1. The van der Waals surface area contributed by atoms with Gasteiger partial charge in [-0.15, -0.1) is 0 Å². The van der Waals surface area contributed by atoms with Crippen molar-refractivity contribution in [2.24, 2.45) is 4.99 Å². The summed E-state index contributed by atoms with van der Waals surface area (Å²) in [4.78, 5) is 3.34. The largest absolute Gasteiger partial charge is 0.408 e. The molecule has 2 rings (SSSR count). The van der Waals surface area contributed by atoms with Gasteiger partial charge in [0.2, 0.25) is 0 Å². The van der Waals surface area contributed by atoms with Crippen LogP contribution >= 0.6 is 11.8 Å². The van der Waals surface area contributed by atoms with Crippen molar-refractivity contribution >= 4 is 16.9 Å². The van der Waals surface area contributed by atoms with Crippen molar-refractivity contribution in [2.75, 3.05) is 13.2 Å². The summed E-state index contributed by atoms with van der Waals surface area (Å²) >= 11 is 0.895. The molecule has 0 spiro atoms. The van der Waals surface area contributed by atoms with E-state index in [0.717, 1.165) is 11.8 Å². The number of nitrogens with one attached hydrogen (secondary N) is 1. The second-order valence-electron chi connectivity index (χ2n) is 4.23. The molecule has 4 N–H and O–H groups in total. The van der Waals surface area contributed by atoms with E-state index >= 15 is 0 Å². The molecule has 10 heteroatoms. The lowest BCUT2D eigenvalue weighted by molar-refractivity contribution is -0.167. The fourth-order valence-corrected chi connectivity index (χ4v) is 3.00. The molecule has 2 heterocycles. The summed E-state index contributed by atoms with van der Waals surface area (Å²) in [5.41, 5.74) is -0.692. The summed E-state index contributed by atoms with van der Waals surface area (Å²) in [6.07, 6.45) is -7.92. The van der Waals surface area contributed by atoms with Crippen LogP contribution in [0.3, 0.4) is 0 Å². The minimum absolute atomic E-state index is 0.00263. The number of hydrogen-bond donors (Lipinski definition) is 4. The van der Waals surface area contributed by atoms with Crippen LogP contribution in [0.1, 0.15) is 0 Å². The molecule has 2 aliphatic heterocycles. The molecule has 0 amide bonds. The van der Waals surface area contributed by atoms with Crippen LogP contribution in [-0.4, -0.2) is 69.6 Å². The minimum Gasteiger partial charge on any atom is -0.394 e. The van der Waals surface area contributed by atoms with Gasteiger partial charge in [-0.3, -0.25) is 4.99 Å². The molecule has 0 aliphatic carbocycles. The van der Waals surface area contributed by atoms with Crippen LogP contribution in [-0.2, 0) is 4.74 Å². The summed E-state index contributed by atoms with van der Waals surface area (Å²) in [5.74, 6) is 0. The quantitative estimate of drug-likeness (QED) is 0.525. The first-order valence-electron chi connectivity index (χ1n) is 5.48. The molecule has 0 aromatic carbocycles. The van der Waals surface area contributed by atoms with Crippen molar-refractivity contribution in [3.63, 3.8) is 0 Å². The van der Waals surface area contributed by atoms with Crippen LogP contribution in [0.2, 0.25) is 0 Å². The van der Waals surface area contributed by atoms with Gasteiger partial charge >= 0.3 is 6.18 Å². The zero-order valence-electron chi connectivity index (χ0n) is 9.54. The Kier molecular flexibility index (Phi) is 4.26. The fourth-order valence-electron chi connectivity index (χ4n) is 1.87. The molecule has 19 heavy (non-hydrogen) atoms. The van der Waals surface area contributed by atoms with Crippen molar-refractivity contribution in [2.45, 2.75) is 36.0 Å². The van der Waals surface area contributed by atoms with Gasteiger partial charge in [-0.05, 0) is 0 Å². The van der Waals surface area contributed by atoms with Gasteiger partial charge in [0.1, 0.15) is 30.3 Å². The van der Waals surface area contributed by atoms with Gasteiger partial charge in [0.25, 0.3) is 0 Å². The number of ether oxygens (including phenoxy) is 1. The number of fused-ring (bicyclic) bond motifs is 1. The van der Waals surface area contributed by atoms with E-state index in [1.54, 1.807) is 0 Å². The normalized spacial score (nSPS) is 41.2. The average Bonchev–Trinajstić information content (AvgIpc) is 2.73. The number of aliphatic imine (C=N–C) groups is 1. The van der Waals surface area contributed by atoms with Crippen LogP contribution in [0, 0.1) is 0 Å². The standard InChI is InChI=1S/C9H13F3N2O4S/c10-9(11,12)2-13-8-14-4-6(17)5(16)3(1-15)18-7(4)19-8/h3-7,15-17H,1-2H2,(H,13,14)/t3-,4-,5?,6?,7-/m1/s1. The van der Waals surface area contributed by atoms with Gasteiger partial charge in [0.15, 0.2) is 5.17 Å². The van der Waals surface area contributed by atoms with Crippen LogP contribution in [0.15, 0.2) is 4.99 Å². The third-order valence-electron chi connectivity index (χ3n) is 2.80. The first kappa shape index (κ1) is 14.9. The van der Waals surface area contributed by atoms with Gasteiger partial charge in [-0.1, -0.05) is 11.8 Å². The van der Waals surface area contributed by atoms with E-state index in [0.29, 0.717) is 0 Å². The molecule has 0 bridgehead atoms. The van der Waals surface area contributed by atoms with Gasteiger partial charge < -0.3 is 25.4 Å². The van der Waals surface area contributed by atoms with Crippen LogP contribution < -0.4 is 5.32 Å². The lowest BCUT2D eigenvalue weighted by Gasteiger charge is -2.38. The second kappa shape index (κ2) is 5.44. The van der Waals surface area contributed by atoms with Crippen LogP contribution in [0.4, 0.5) is 13.2 Å². The average molecular weight is 302 g/mol. The Labute approximate surface area is 110 Å². The first-order valence-corrected chi connectivity index (χ1v) is 6.36. The molecule has 110 valence electrons. The molecule has 0 aromatic rings. The maximum Gasteiger partial charge on any atom is 0.408 e. The molecule has 6 nitrogen and oxygen atoms in total. The Morgan fingerprint density at radius 3 is 2.58 bits per heavy atom. The predicted molar refractivity (Wildman–Crippen MR) is 60.6 cm³/mol. The van der Waals surface area contributed by atoms with Crippen molar-refractivity contribution in [3.8, 4) is 0 Å². The van der Waals surface area contributed by atoms with Crippen molar-refractivity contribution in [1.82, 2.24) is 5.32 Å². The molecule has 2 saturated heterocycles. The lowest BCUT2D eigenvalue weighted by atomic mass is 9.98. The minimum atomic E-state index is -4.41. The first-order chi connectivity index (χ1) is 8.81. The summed E-state index contributed by atoms with van der Waals surface area (Å²) < 4.78 is 41.4. The summed E-state index contributed by atoms with van der Waals surface area (Å²) in [6.45, 7) is -1.82. The van der Waals surface area contributed by atoms with Crippen LogP contribution in [0.5, 0.6) is 0 Å². The smallest absolute Gasteiger partial charge is 0.394 e. The number of hydrogen-bond acceptors (Lipinski definition) is 6. The number of aliphatic hydroxyl groups excluding tert-OH is 3. The summed E-state index contributed by atoms with van der Waals surface area (Å²) in [5, 5.41) is 31.0. The van der Waals surface area contributed by atoms with E-state index in [1.807, 2.05) is 0 Å². The van der Waals surface area contributed by atoms with Crippen molar-refractivity contribution in [1.29, 1.82) is 0 Å².